The molecule has 0 amide bonds. The Morgan fingerprint density at radius 3 is 2.70 bits per heavy atom. The summed E-state index contributed by atoms with van der Waals surface area (Å²) >= 11 is 0. The van der Waals surface area contributed by atoms with Crippen molar-refractivity contribution in [1.82, 2.24) is 9.78 Å². The molecule has 0 fully saturated rings. The highest BCUT2D eigenvalue weighted by Crippen LogP contribution is 2.21. The molecule has 0 aliphatic carbocycles. The lowest BCUT2D eigenvalue weighted by atomic mass is 10.0. The van der Waals surface area contributed by atoms with Crippen LogP contribution in [0.15, 0.2) is 35.1 Å². The van der Waals surface area contributed by atoms with Crippen LogP contribution in [-0.4, -0.2) is 15.8 Å². The van der Waals surface area contributed by atoms with E-state index in [4.69, 9.17) is 5.73 Å². The van der Waals surface area contributed by atoms with Crippen LogP contribution in [0, 0.1) is 13.8 Å². The second kappa shape index (κ2) is 6.01. The topological polar surface area (TPSA) is 60.9 Å². The summed E-state index contributed by atoms with van der Waals surface area (Å²) in [6.07, 6.45) is 0.821. The molecule has 20 heavy (non-hydrogen) atoms. The van der Waals surface area contributed by atoms with Crippen molar-refractivity contribution in [3.05, 3.63) is 51.8 Å². The van der Waals surface area contributed by atoms with Crippen molar-refractivity contribution in [2.45, 2.75) is 39.8 Å². The van der Waals surface area contributed by atoms with Gasteiger partial charge in [-0.25, -0.2) is 4.68 Å². The standard InChI is InChI=1S/C16H21N3O/c1-4-13(17)10-19-16(20)8-7-15(18-19)14-9-11(2)5-6-12(14)3/h5-9,13H,4,10,17H2,1-3H3. The Morgan fingerprint density at radius 2 is 2.00 bits per heavy atom. The Hall–Kier alpha value is -1.94. The molecule has 0 saturated heterocycles. The third-order valence-electron chi connectivity index (χ3n) is 3.47. The fraction of sp³-hybridized carbons (Fsp3) is 0.375. The van der Waals surface area contributed by atoms with Gasteiger partial charge >= 0.3 is 0 Å². The quantitative estimate of drug-likeness (QED) is 0.928. The SMILES string of the molecule is CCC(N)Cn1nc(-c2cc(C)ccc2C)ccc1=O. The minimum atomic E-state index is -0.108. The van der Waals surface area contributed by atoms with Gasteiger partial charge in [-0.15, -0.1) is 0 Å². The molecule has 2 N–H and O–H groups in total. The number of hydrogen-bond donors (Lipinski definition) is 1. The highest BCUT2D eigenvalue weighted by molar-refractivity contribution is 5.63. The smallest absolute Gasteiger partial charge is 0.266 e. The van der Waals surface area contributed by atoms with Crippen molar-refractivity contribution < 1.29 is 0 Å². The molecule has 0 bridgehead atoms. The lowest BCUT2D eigenvalue weighted by Crippen LogP contribution is -2.32. The largest absolute Gasteiger partial charge is 0.326 e. The average Bonchev–Trinajstić information content (AvgIpc) is 2.44. The molecule has 0 saturated carbocycles. The number of aromatic nitrogens is 2. The van der Waals surface area contributed by atoms with E-state index in [0.717, 1.165) is 23.2 Å². The first-order chi connectivity index (χ1) is 9.51. The second-order valence-electron chi connectivity index (χ2n) is 5.23. The average molecular weight is 271 g/mol. The second-order valence-corrected chi connectivity index (χ2v) is 5.23. The zero-order chi connectivity index (χ0) is 14.7. The van der Waals surface area contributed by atoms with Gasteiger partial charge in [0.25, 0.3) is 5.56 Å². The van der Waals surface area contributed by atoms with Crippen LogP contribution in [0.2, 0.25) is 0 Å². The minimum absolute atomic E-state index is 0.0472. The van der Waals surface area contributed by atoms with Crippen LogP contribution in [0.4, 0.5) is 0 Å². The van der Waals surface area contributed by atoms with Crippen molar-refractivity contribution in [1.29, 1.82) is 0 Å². The summed E-state index contributed by atoms with van der Waals surface area (Å²) < 4.78 is 1.46. The van der Waals surface area contributed by atoms with E-state index >= 15 is 0 Å². The van der Waals surface area contributed by atoms with Gasteiger partial charge in [0.1, 0.15) is 0 Å². The third kappa shape index (κ3) is 3.14. The molecule has 106 valence electrons. The molecule has 4 nitrogen and oxygen atoms in total. The summed E-state index contributed by atoms with van der Waals surface area (Å²) in [5.74, 6) is 0. The van der Waals surface area contributed by atoms with Crippen molar-refractivity contribution in [3.63, 3.8) is 0 Å². The first-order valence-electron chi connectivity index (χ1n) is 6.92. The van der Waals surface area contributed by atoms with E-state index in [1.807, 2.05) is 20.8 Å². The molecule has 4 heteroatoms. The lowest BCUT2D eigenvalue weighted by Gasteiger charge is -2.12. The molecule has 2 rings (SSSR count). The van der Waals surface area contributed by atoms with Crippen LogP contribution >= 0.6 is 0 Å². The summed E-state index contributed by atoms with van der Waals surface area (Å²) in [5.41, 5.74) is 10.0. The predicted molar refractivity (Wildman–Crippen MR) is 81.7 cm³/mol. The fourth-order valence-corrected chi connectivity index (χ4v) is 2.09. The first kappa shape index (κ1) is 14.5. The summed E-state index contributed by atoms with van der Waals surface area (Å²) in [7, 11) is 0. The number of aryl methyl sites for hydroxylation is 2. The van der Waals surface area contributed by atoms with Gasteiger partial charge < -0.3 is 5.73 Å². The number of nitrogens with zero attached hydrogens (tertiary/aromatic N) is 2. The third-order valence-corrected chi connectivity index (χ3v) is 3.47. The first-order valence-corrected chi connectivity index (χ1v) is 6.92. The summed E-state index contributed by atoms with van der Waals surface area (Å²) in [6.45, 7) is 6.55. The molecule has 0 radical (unpaired) electrons. The monoisotopic (exact) mass is 271 g/mol. The van der Waals surface area contributed by atoms with Gasteiger partial charge in [-0.3, -0.25) is 4.79 Å². The fourth-order valence-electron chi connectivity index (χ4n) is 2.09. The highest BCUT2D eigenvalue weighted by Gasteiger charge is 2.08. The van der Waals surface area contributed by atoms with Crippen LogP contribution < -0.4 is 11.3 Å². The number of rotatable bonds is 4. The predicted octanol–water partition coefficient (Wildman–Crippen LogP) is 2.26. The van der Waals surface area contributed by atoms with Gasteiger partial charge in [-0.1, -0.05) is 24.6 Å². The zero-order valence-electron chi connectivity index (χ0n) is 12.3. The maximum Gasteiger partial charge on any atom is 0.266 e. The van der Waals surface area contributed by atoms with Crippen LogP contribution in [0.5, 0.6) is 0 Å². The van der Waals surface area contributed by atoms with E-state index in [-0.39, 0.29) is 11.6 Å². The number of benzene rings is 1. The van der Waals surface area contributed by atoms with E-state index in [0.29, 0.717) is 6.54 Å². The van der Waals surface area contributed by atoms with Gasteiger partial charge in [-0.2, -0.15) is 5.10 Å². The molecule has 1 atom stereocenters. The van der Waals surface area contributed by atoms with Gasteiger partial charge in [0.05, 0.1) is 12.2 Å². The van der Waals surface area contributed by atoms with Gasteiger partial charge in [-0.05, 0) is 38.0 Å². The molecular weight excluding hydrogens is 250 g/mol. The normalized spacial score (nSPS) is 12.4. The molecular formula is C16H21N3O. The summed E-state index contributed by atoms with van der Waals surface area (Å²) in [5, 5.41) is 4.46. The minimum Gasteiger partial charge on any atom is -0.326 e. The molecule has 1 unspecified atom stereocenters. The summed E-state index contributed by atoms with van der Waals surface area (Å²) in [6, 6.07) is 9.52. The van der Waals surface area contributed by atoms with Gasteiger partial charge in [0.15, 0.2) is 0 Å². The van der Waals surface area contributed by atoms with Crippen LogP contribution in [-0.2, 0) is 6.54 Å². The lowest BCUT2D eigenvalue weighted by molar-refractivity contribution is 0.482. The van der Waals surface area contributed by atoms with E-state index in [9.17, 15) is 4.79 Å². The molecule has 2 aromatic rings. The van der Waals surface area contributed by atoms with Crippen molar-refractivity contribution in [2.75, 3.05) is 0 Å². The zero-order valence-corrected chi connectivity index (χ0v) is 12.3. The number of nitrogens with two attached hydrogens (primary N) is 1. The molecule has 1 aromatic carbocycles. The molecule has 1 heterocycles. The van der Waals surface area contributed by atoms with E-state index in [2.05, 4.69) is 23.3 Å². The Labute approximate surface area is 119 Å². The van der Waals surface area contributed by atoms with E-state index in [1.54, 1.807) is 12.1 Å². The van der Waals surface area contributed by atoms with E-state index < -0.39 is 0 Å². The van der Waals surface area contributed by atoms with Crippen LogP contribution in [0.1, 0.15) is 24.5 Å². The van der Waals surface area contributed by atoms with Gasteiger partial charge in [0.2, 0.25) is 0 Å². The van der Waals surface area contributed by atoms with Crippen molar-refractivity contribution >= 4 is 0 Å². The van der Waals surface area contributed by atoms with Gasteiger partial charge in [0, 0.05) is 17.7 Å². The Morgan fingerprint density at radius 1 is 1.25 bits per heavy atom. The van der Waals surface area contributed by atoms with E-state index in [1.165, 1.54) is 10.2 Å². The highest BCUT2D eigenvalue weighted by atomic mass is 16.1. The molecule has 1 aromatic heterocycles. The van der Waals surface area contributed by atoms with Crippen molar-refractivity contribution in [2.24, 2.45) is 5.73 Å². The molecule has 0 spiro atoms. The van der Waals surface area contributed by atoms with Crippen LogP contribution in [0.3, 0.4) is 0 Å². The Bertz CT molecular complexity index is 661. The maximum atomic E-state index is 11.9. The Balaban J connectivity index is 2.45. The molecule has 0 aliphatic rings. The van der Waals surface area contributed by atoms with Crippen LogP contribution in [0.25, 0.3) is 11.3 Å². The number of hydrogen-bond acceptors (Lipinski definition) is 3. The van der Waals surface area contributed by atoms with Crippen molar-refractivity contribution in [3.8, 4) is 11.3 Å². The summed E-state index contributed by atoms with van der Waals surface area (Å²) in [4.78, 5) is 11.9. The molecule has 0 aliphatic heterocycles. The maximum absolute atomic E-state index is 11.9. The Kier molecular flexibility index (Phi) is 4.35.